The zero-order valence-corrected chi connectivity index (χ0v) is 7.87. The van der Waals surface area contributed by atoms with Gasteiger partial charge in [0.1, 0.15) is 0 Å². The van der Waals surface area contributed by atoms with Gasteiger partial charge in [-0.3, -0.25) is 4.74 Å². The molecule has 0 bridgehead atoms. The summed E-state index contributed by atoms with van der Waals surface area (Å²) in [5.41, 5.74) is 0.774. The highest BCUT2D eigenvalue weighted by Gasteiger charge is 2.29. The maximum absolute atomic E-state index is 11.6. The van der Waals surface area contributed by atoms with E-state index >= 15 is 0 Å². The van der Waals surface area contributed by atoms with Gasteiger partial charge in [0.2, 0.25) is 0 Å². The molecular weight excluding hydrogens is 209 g/mol. The predicted octanol–water partition coefficient (Wildman–Crippen LogP) is 2.13. The molecule has 0 amide bonds. The SMILES string of the molecule is OC(COC(F)(F)F)Cc1ccccc1. The minimum Gasteiger partial charge on any atom is -0.390 e. The first-order valence-electron chi connectivity index (χ1n) is 4.40. The second-order valence-electron chi connectivity index (χ2n) is 3.10. The zero-order chi connectivity index (χ0) is 11.3. The fourth-order valence-corrected chi connectivity index (χ4v) is 1.14. The summed E-state index contributed by atoms with van der Waals surface area (Å²) in [6, 6.07) is 8.77. The summed E-state index contributed by atoms with van der Waals surface area (Å²) >= 11 is 0. The second-order valence-corrected chi connectivity index (χ2v) is 3.10. The highest BCUT2D eigenvalue weighted by molar-refractivity contribution is 5.15. The van der Waals surface area contributed by atoms with Crippen LogP contribution < -0.4 is 0 Å². The van der Waals surface area contributed by atoms with Crippen LogP contribution in [0.5, 0.6) is 0 Å². The van der Waals surface area contributed by atoms with Crippen molar-refractivity contribution in [2.75, 3.05) is 6.61 Å². The van der Waals surface area contributed by atoms with E-state index in [-0.39, 0.29) is 6.42 Å². The fraction of sp³-hybridized carbons (Fsp3) is 0.400. The molecule has 5 heteroatoms. The summed E-state index contributed by atoms with van der Waals surface area (Å²) in [5, 5.41) is 9.24. The molecule has 1 atom stereocenters. The van der Waals surface area contributed by atoms with E-state index < -0.39 is 19.1 Å². The average Bonchev–Trinajstić information content (AvgIpc) is 2.15. The van der Waals surface area contributed by atoms with Gasteiger partial charge in [0.15, 0.2) is 0 Å². The van der Waals surface area contributed by atoms with Gasteiger partial charge in [0.25, 0.3) is 0 Å². The lowest BCUT2D eigenvalue weighted by Crippen LogP contribution is -2.24. The lowest BCUT2D eigenvalue weighted by Gasteiger charge is -2.12. The Labute approximate surface area is 85.3 Å². The summed E-state index contributed by atoms with van der Waals surface area (Å²) in [6.45, 7) is -0.738. The lowest BCUT2D eigenvalue weighted by molar-refractivity contribution is -0.330. The summed E-state index contributed by atoms with van der Waals surface area (Å²) < 4.78 is 38.4. The maximum atomic E-state index is 11.6. The fourth-order valence-electron chi connectivity index (χ4n) is 1.14. The Morgan fingerprint density at radius 2 is 1.80 bits per heavy atom. The molecule has 0 aliphatic rings. The van der Waals surface area contributed by atoms with Crippen molar-refractivity contribution in [2.24, 2.45) is 0 Å². The Bertz CT molecular complexity index is 284. The zero-order valence-electron chi connectivity index (χ0n) is 7.87. The van der Waals surface area contributed by atoms with E-state index in [1.807, 2.05) is 0 Å². The highest BCUT2D eigenvalue weighted by Crippen LogP contribution is 2.16. The summed E-state index contributed by atoms with van der Waals surface area (Å²) in [6.07, 6.45) is -5.68. The van der Waals surface area contributed by atoms with Crippen LogP contribution >= 0.6 is 0 Å². The van der Waals surface area contributed by atoms with Crippen molar-refractivity contribution in [2.45, 2.75) is 18.9 Å². The van der Waals surface area contributed by atoms with E-state index in [2.05, 4.69) is 4.74 Å². The molecule has 1 N–H and O–H groups in total. The molecule has 1 unspecified atom stereocenters. The van der Waals surface area contributed by atoms with Gasteiger partial charge in [-0.1, -0.05) is 30.3 Å². The van der Waals surface area contributed by atoms with Crippen molar-refractivity contribution >= 4 is 0 Å². The average molecular weight is 220 g/mol. The number of halogens is 3. The van der Waals surface area contributed by atoms with Crippen LogP contribution in [0, 0.1) is 0 Å². The third-order valence-corrected chi connectivity index (χ3v) is 1.75. The lowest BCUT2D eigenvalue weighted by atomic mass is 10.1. The van der Waals surface area contributed by atoms with Crippen molar-refractivity contribution in [3.63, 3.8) is 0 Å². The van der Waals surface area contributed by atoms with Gasteiger partial charge in [-0.15, -0.1) is 13.2 Å². The molecular formula is C10H11F3O2. The van der Waals surface area contributed by atoms with Gasteiger partial charge >= 0.3 is 6.36 Å². The number of benzene rings is 1. The number of hydrogen-bond acceptors (Lipinski definition) is 2. The van der Waals surface area contributed by atoms with Gasteiger partial charge in [0.05, 0.1) is 12.7 Å². The third-order valence-electron chi connectivity index (χ3n) is 1.75. The standard InChI is InChI=1S/C10H11F3O2/c11-10(12,13)15-7-9(14)6-8-4-2-1-3-5-8/h1-5,9,14H,6-7H2. The molecule has 1 aromatic carbocycles. The number of hydrogen-bond donors (Lipinski definition) is 1. The van der Waals surface area contributed by atoms with E-state index in [0.29, 0.717) is 0 Å². The Kier molecular flexibility index (Phi) is 4.11. The van der Waals surface area contributed by atoms with Gasteiger partial charge in [-0.25, -0.2) is 0 Å². The van der Waals surface area contributed by atoms with Crippen molar-refractivity contribution in [3.8, 4) is 0 Å². The normalized spacial score (nSPS) is 13.9. The van der Waals surface area contributed by atoms with E-state index in [1.54, 1.807) is 30.3 Å². The predicted molar refractivity (Wildman–Crippen MR) is 48.2 cm³/mol. The number of aliphatic hydroxyl groups is 1. The van der Waals surface area contributed by atoms with Crippen LogP contribution in [-0.4, -0.2) is 24.2 Å². The molecule has 2 nitrogen and oxygen atoms in total. The number of rotatable bonds is 4. The topological polar surface area (TPSA) is 29.5 Å². The summed E-state index contributed by atoms with van der Waals surface area (Å²) in [7, 11) is 0. The smallest absolute Gasteiger partial charge is 0.390 e. The summed E-state index contributed by atoms with van der Waals surface area (Å²) in [4.78, 5) is 0. The van der Waals surface area contributed by atoms with Crippen molar-refractivity contribution < 1.29 is 23.0 Å². The Hall–Kier alpha value is -1.07. The Morgan fingerprint density at radius 3 is 2.33 bits per heavy atom. The Morgan fingerprint density at radius 1 is 1.20 bits per heavy atom. The molecule has 0 saturated heterocycles. The first-order chi connectivity index (χ1) is 6.97. The van der Waals surface area contributed by atoms with Gasteiger partial charge in [0, 0.05) is 6.42 Å². The Balaban J connectivity index is 2.34. The second kappa shape index (κ2) is 5.14. The number of ether oxygens (including phenoxy) is 1. The highest BCUT2D eigenvalue weighted by atomic mass is 19.4. The number of aliphatic hydroxyl groups excluding tert-OH is 1. The number of alkyl halides is 3. The quantitative estimate of drug-likeness (QED) is 0.842. The van der Waals surface area contributed by atoms with Crippen LogP contribution in [0.1, 0.15) is 5.56 Å². The van der Waals surface area contributed by atoms with Crippen molar-refractivity contribution in [3.05, 3.63) is 35.9 Å². The molecule has 84 valence electrons. The molecule has 0 radical (unpaired) electrons. The molecule has 0 spiro atoms. The van der Waals surface area contributed by atoms with Crippen LogP contribution in [-0.2, 0) is 11.2 Å². The summed E-state index contributed by atoms with van der Waals surface area (Å²) in [5.74, 6) is 0. The molecule has 0 aliphatic carbocycles. The molecule has 1 rings (SSSR count). The molecule has 0 aliphatic heterocycles. The van der Waals surface area contributed by atoms with Gasteiger partial charge < -0.3 is 5.11 Å². The van der Waals surface area contributed by atoms with E-state index in [4.69, 9.17) is 0 Å². The van der Waals surface area contributed by atoms with Crippen LogP contribution in [0.3, 0.4) is 0 Å². The van der Waals surface area contributed by atoms with Gasteiger partial charge in [-0.05, 0) is 5.56 Å². The first-order valence-corrected chi connectivity index (χ1v) is 4.40. The monoisotopic (exact) mass is 220 g/mol. The molecule has 0 heterocycles. The third kappa shape index (κ3) is 5.39. The van der Waals surface area contributed by atoms with E-state index in [1.165, 1.54) is 0 Å². The maximum Gasteiger partial charge on any atom is 0.522 e. The first kappa shape index (κ1) is 12.0. The van der Waals surface area contributed by atoms with Crippen LogP contribution in [0.15, 0.2) is 30.3 Å². The minimum absolute atomic E-state index is 0.150. The van der Waals surface area contributed by atoms with Crippen LogP contribution in [0.2, 0.25) is 0 Å². The van der Waals surface area contributed by atoms with Crippen molar-refractivity contribution in [1.29, 1.82) is 0 Å². The molecule has 0 fully saturated rings. The molecule has 0 saturated carbocycles. The van der Waals surface area contributed by atoms with Crippen LogP contribution in [0.4, 0.5) is 13.2 Å². The van der Waals surface area contributed by atoms with E-state index in [9.17, 15) is 18.3 Å². The minimum atomic E-state index is -4.68. The van der Waals surface area contributed by atoms with Crippen molar-refractivity contribution in [1.82, 2.24) is 0 Å². The van der Waals surface area contributed by atoms with Crippen LogP contribution in [0.25, 0.3) is 0 Å². The molecule has 1 aromatic rings. The molecule has 0 aromatic heterocycles. The largest absolute Gasteiger partial charge is 0.522 e. The van der Waals surface area contributed by atoms with Gasteiger partial charge in [-0.2, -0.15) is 0 Å². The molecule has 15 heavy (non-hydrogen) atoms. The van der Waals surface area contributed by atoms with E-state index in [0.717, 1.165) is 5.56 Å².